The molecule has 0 aliphatic heterocycles. The molecule has 1 aromatic carbocycles. The minimum atomic E-state index is -1.01. The molecule has 1 atom stereocenters. The van der Waals surface area contributed by atoms with Gasteiger partial charge in [-0.1, -0.05) is 36.8 Å². The van der Waals surface area contributed by atoms with E-state index in [9.17, 15) is 28.8 Å². The van der Waals surface area contributed by atoms with Crippen molar-refractivity contribution >= 4 is 35.4 Å². The van der Waals surface area contributed by atoms with Crippen molar-refractivity contribution in [2.45, 2.75) is 57.1 Å². The number of hydrogen-bond acceptors (Lipinski definition) is 8. The average molecular weight is 590 g/mol. The highest BCUT2D eigenvalue weighted by molar-refractivity contribution is 5.92. The Morgan fingerprint density at radius 3 is 2.17 bits per heavy atom. The van der Waals surface area contributed by atoms with Crippen LogP contribution in [0.2, 0.25) is 0 Å². The summed E-state index contributed by atoms with van der Waals surface area (Å²) in [5.41, 5.74) is 6.00. The fourth-order valence-electron chi connectivity index (χ4n) is 4.10. The monoisotopic (exact) mass is 589 g/mol. The molecule has 1 aromatic rings. The van der Waals surface area contributed by atoms with Gasteiger partial charge in [0, 0.05) is 18.8 Å². The molecule has 0 heterocycles. The summed E-state index contributed by atoms with van der Waals surface area (Å²) >= 11 is 0. The quantitative estimate of drug-likeness (QED) is 0.0680. The number of nitrogens with two attached hydrogens (primary N) is 1. The number of nitrogens with one attached hydrogen (secondary N) is 6. The Balaban J connectivity index is 1.72. The molecule has 42 heavy (non-hydrogen) atoms. The van der Waals surface area contributed by atoms with E-state index in [0.29, 0.717) is 19.3 Å². The van der Waals surface area contributed by atoms with Gasteiger partial charge in [0.1, 0.15) is 12.8 Å². The molecule has 14 heteroatoms. The number of carbonyl (C=O) groups is 6. The summed E-state index contributed by atoms with van der Waals surface area (Å²) in [6, 6.07) is 7.99. The summed E-state index contributed by atoms with van der Waals surface area (Å²) in [5.74, 6) is -3.04. The Labute approximate surface area is 245 Å². The van der Waals surface area contributed by atoms with Crippen molar-refractivity contribution in [3.8, 4) is 0 Å². The van der Waals surface area contributed by atoms with Crippen molar-refractivity contribution in [2.24, 2.45) is 11.7 Å². The maximum atomic E-state index is 12.9. The van der Waals surface area contributed by atoms with E-state index in [0.717, 1.165) is 31.4 Å². The number of ether oxygens (including phenoxy) is 1. The van der Waals surface area contributed by atoms with Gasteiger partial charge in [0.25, 0.3) is 0 Å². The lowest BCUT2D eigenvalue weighted by atomic mass is 9.82. The van der Waals surface area contributed by atoms with Gasteiger partial charge in [-0.05, 0) is 44.8 Å². The molecule has 1 saturated carbocycles. The maximum Gasteiger partial charge on any atom is 0.243 e. The number of rotatable bonds is 20. The normalized spacial score (nSPS) is 16.3. The smallest absolute Gasteiger partial charge is 0.243 e. The van der Waals surface area contributed by atoms with E-state index in [1.54, 1.807) is 24.3 Å². The van der Waals surface area contributed by atoms with Gasteiger partial charge < -0.3 is 42.4 Å². The summed E-state index contributed by atoms with van der Waals surface area (Å²) < 4.78 is 5.45. The van der Waals surface area contributed by atoms with Crippen molar-refractivity contribution in [1.29, 1.82) is 0 Å². The Bertz CT molecular complexity index is 1050. The second-order valence-corrected chi connectivity index (χ2v) is 10.1. The Kier molecular flexibility index (Phi) is 15.6. The molecule has 1 fully saturated rings. The second-order valence-electron chi connectivity index (χ2n) is 10.1. The minimum Gasteiger partial charge on any atom is -0.369 e. The van der Waals surface area contributed by atoms with Crippen LogP contribution in [-0.4, -0.2) is 87.5 Å². The van der Waals surface area contributed by atoms with Gasteiger partial charge in [-0.25, -0.2) is 0 Å². The molecule has 14 nitrogen and oxygen atoms in total. The third-order valence-electron chi connectivity index (χ3n) is 6.67. The topological polar surface area (TPSA) is 210 Å². The molecule has 6 amide bonds. The second kappa shape index (κ2) is 19.1. The Hall–Kier alpha value is -4.04. The van der Waals surface area contributed by atoms with Crippen molar-refractivity contribution in [3.63, 3.8) is 0 Å². The van der Waals surface area contributed by atoms with Crippen LogP contribution in [0.3, 0.4) is 0 Å². The molecule has 2 rings (SSSR count). The summed E-state index contributed by atoms with van der Waals surface area (Å²) in [6.45, 7) is -0.197. The third kappa shape index (κ3) is 14.0. The molecule has 0 radical (unpaired) electrons. The van der Waals surface area contributed by atoms with Gasteiger partial charge in [0.2, 0.25) is 35.4 Å². The zero-order chi connectivity index (χ0) is 30.7. The maximum absolute atomic E-state index is 12.9. The van der Waals surface area contributed by atoms with Crippen LogP contribution in [0.15, 0.2) is 30.3 Å². The zero-order valence-corrected chi connectivity index (χ0v) is 24.0. The van der Waals surface area contributed by atoms with Gasteiger partial charge in [-0.3, -0.25) is 28.8 Å². The first kappa shape index (κ1) is 34.2. The number of benzene rings is 1. The van der Waals surface area contributed by atoms with Crippen LogP contribution in [0, 0.1) is 5.92 Å². The van der Waals surface area contributed by atoms with Crippen LogP contribution in [0.1, 0.15) is 44.1 Å². The highest BCUT2D eigenvalue weighted by Gasteiger charge is 2.33. The fourth-order valence-corrected chi connectivity index (χ4v) is 4.10. The number of amides is 6. The van der Waals surface area contributed by atoms with Gasteiger partial charge in [0.05, 0.1) is 25.7 Å². The van der Waals surface area contributed by atoms with Crippen LogP contribution >= 0.6 is 0 Å². The summed E-state index contributed by atoms with van der Waals surface area (Å²) in [5, 5.41) is 15.6. The first-order valence-electron chi connectivity index (χ1n) is 14.1. The number of primary amides is 1. The number of unbranched alkanes of at least 4 members (excludes halogenated alkanes) is 2. The molecule has 0 bridgehead atoms. The van der Waals surface area contributed by atoms with Gasteiger partial charge in [0.15, 0.2) is 0 Å². The largest absolute Gasteiger partial charge is 0.369 e. The van der Waals surface area contributed by atoms with Crippen LogP contribution in [0.4, 0.5) is 0 Å². The van der Waals surface area contributed by atoms with Crippen LogP contribution in [0.5, 0.6) is 0 Å². The van der Waals surface area contributed by atoms with Crippen molar-refractivity contribution in [1.82, 2.24) is 31.9 Å². The molecular formula is C28H43N7O7. The SMILES string of the molecule is CNCCCCCC(=O)NCC(=O)NCC(=O)N[C@@H](Cc1ccccc1)C(=O)NCC(=O)NCOC1CC(C(N)=O)C1. The third-order valence-corrected chi connectivity index (χ3v) is 6.67. The molecule has 232 valence electrons. The zero-order valence-electron chi connectivity index (χ0n) is 24.0. The average Bonchev–Trinajstić information content (AvgIpc) is 2.94. The fraction of sp³-hybridized carbons (Fsp3) is 0.571. The van der Waals surface area contributed by atoms with E-state index < -0.39 is 36.2 Å². The molecule has 0 saturated heterocycles. The van der Waals surface area contributed by atoms with E-state index in [4.69, 9.17) is 10.5 Å². The van der Waals surface area contributed by atoms with Crippen molar-refractivity contribution in [3.05, 3.63) is 35.9 Å². The summed E-state index contributed by atoms with van der Waals surface area (Å²) in [6.07, 6.45) is 3.92. The van der Waals surface area contributed by atoms with Gasteiger partial charge in [-0.2, -0.15) is 0 Å². The van der Waals surface area contributed by atoms with E-state index in [-0.39, 0.29) is 50.1 Å². The van der Waals surface area contributed by atoms with Crippen LogP contribution in [0.25, 0.3) is 0 Å². The predicted octanol–water partition coefficient (Wildman–Crippen LogP) is -1.80. The molecule has 8 N–H and O–H groups in total. The molecule has 0 aromatic heterocycles. The molecule has 0 unspecified atom stereocenters. The lowest BCUT2D eigenvalue weighted by Crippen LogP contribution is -2.52. The Morgan fingerprint density at radius 2 is 1.48 bits per heavy atom. The predicted molar refractivity (Wildman–Crippen MR) is 153 cm³/mol. The standard InChI is InChI=1S/C28H43N7O7/c1-30-11-7-3-6-10-23(36)31-15-24(37)32-17-26(39)35-22(12-19-8-4-2-5-9-19)28(41)33-16-25(38)34-18-42-21-13-20(14-21)27(29)40/h2,4-5,8-9,20-22,30H,3,6-7,10-18H2,1H3,(H2,29,40)(H,31,36)(H,32,37)(H,33,41)(H,34,38)(H,35,39)/t20?,21?,22-/m0/s1. The molecule has 1 aliphatic rings. The van der Waals surface area contributed by atoms with Crippen molar-refractivity contribution in [2.75, 3.05) is 40.0 Å². The number of carbonyl (C=O) groups excluding carboxylic acids is 6. The highest BCUT2D eigenvalue weighted by atomic mass is 16.5. The lowest BCUT2D eigenvalue weighted by Gasteiger charge is -2.32. The first-order valence-corrected chi connectivity index (χ1v) is 14.1. The van der Waals surface area contributed by atoms with Gasteiger partial charge >= 0.3 is 0 Å². The Morgan fingerprint density at radius 1 is 0.833 bits per heavy atom. The van der Waals surface area contributed by atoms with E-state index >= 15 is 0 Å². The summed E-state index contributed by atoms with van der Waals surface area (Å²) in [7, 11) is 1.87. The van der Waals surface area contributed by atoms with E-state index in [1.165, 1.54) is 0 Å². The highest BCUT2D eigenvalue weighted by Crippen LogP contribution is 2.29. The first-order chi connectivity index (χ1) is 20.2. The van der Waals surface area contributed by atoms with Crippen LogP contribution < -0.4 is 37.6 Å². The molecule has 1 aliphatic carbocycles. The van der Waals surface area contributed by atoms with E-state index in [1.807, 2.05) is 13.1 Å². The van der Waals surface area contributed by atoms with Crippen molar-refractivity contribution < 1.29 is 33.5 Å². The van der Waals surface area contributed by atoms with E-state index in [2.05, 4.69) is 31.9 Å². The van der Waals surface area contributed by atoms with Gasteiger partial charge in [-0.15, -0.1) is 0 Å². The molecular weight excluding hydrogens is 546 g/mol. The number of hydrogen-bond donors (Lipinski definition) is 7. The summed E-state index contributed by atoms with van der Waals surface area (Å²) in [4.78, 5) is 72.6. The minimum absolute atomic E-state index is 0.0775. The molecule has 0 spiro atoms. The van der Waals surface area contributed by atoms with Crippen LogP contribution in [-0.2, 0) is 39.9 Å². The lowest BCUT2D eigenvalue weighted by molar-refractivity contribution is -0.134.